The maximum absolute atomic E-state index is 12.1. The first-order valence-electron chi connectivity index (χ1n) is 6.19. The summed E-state index contributed by atoms with van der Waals surface area (Å²) in [4.78, 5) is 17.6. The summed E-state index contributed by atoms with van der Waals surface area (Å²) in [5, 5.41) is 9.04. The summed E-state index contributed by atoms with van der Waals surface area (Å²) < 4.78 is 26.4. The molecule has 0 saturated carbocycles. The van der Waals surface area contributed by atoms with Crippen LogP contribution in [0.25, 0.3) is 0 Å². The number of rotatable bonds is 6. The number of hydrogen-bond donors (Lipinski definition) is 3. The quantitative estimate of drug-likeness (QED) is 0.727. The van der Waals surface area contributed by atoms with E-state index in [0.717, 1.165) is 11.8 Å². The molecule has 21 heavy (non-hydrogen) atoms. The van der Waals surface area contributed by atoms with Crippen LogP contribution >= 0.6 is 0 Å². The van der Waals surface area contributed by atoms with Crippen LogP contribution in [0.3, 0.4) is 0 Å². The topological polar surface area (TPSA) is 112 Å². The molecule has 3 N–H and O–H groups in total. The van der Waals surface area contributed by atoms with Crippen molar-refractivity contribution in [3.63, 3.8) is 0 Å². The smallest absolute Gasteiger partial charge is 0.322 e. The van der Waals surface area contributed by atoms with E-state index >= 15 is 0 Å². The maximum Gasteiger partial charge on any atom is 0.322 e. The molecule has 0 aliphatic carbocycles. The van der Waals surface area contributed by atoms with Gasteiger partial charge in [-0.15, -0.1) is 0 Å². The second-order valence-electron chi connectivity index (χ2n) is 4.53. The lowest BCUT2D eigenvalue weighted by atomic mass is 10.1. The summed E-state index contributed by atoms with van der Waals surface area (Å²) in [5.74, 6) is -0.802. The van der Waals surface area contributed by atoms with E-state index in [1.165, 1.54) is 0 Å². The molecule has 1 aromatic heterocycles. The van der Waals surface area contributed by atoms with E-state index < -0.39 is 22.0 Å². The minimum Gasteiger partial charge on any atom is -0.480 e. The summed E-state index contributed by atoms with van der Waals surface area (Å²) in [6.07, 6.45) is 1.21. The fourth-order valence-electron chi connectivity index (χ4n) is 1.81. The van der Waals surface area contributed by atoms with Gasteiger partial charge in [-0.05, 0) is 18.9 Å². The lowest BCUT2D eigenvalue weighted by Gasteiger charge is -2.14. The van der Waals surface area contributed by atoms with Gasteiger partial charge in [0.15, 0.2) is 5.03 Å². The molecule has 7 nitrogen and oxygen atoms in total. The summed E-state index contributed by atoms with van der Waals surface area (Å²) in [6.45, 7) is 1.61. The number of nitrogens with zero attached hydrogens (tertiary/aromatic N) is 1. The highest BCUT2D eigenvalue weighted by Gasteiger charge is 2.26. The van der Waals surface area contributed by atoms with Crippen molar-refractivity contribution < 1.29 is 18.3 Å². The molecular weight excluding hydrogens is 294 g/mol. The highest BCUT2D eigenvalue weighted by molar-refractivity contribution is 7.89. The predicted octanol–water partition coefficient (Wildman–Crippen LogP) is 0.692. The van der Waals surface area contributed by atoms with Gasteiger partial charge in [-0.3, -0.25) is 4.79 Å². The van der Waals surface area contributed by atoms with Crippen molar-refractivity contribution in [2.45, 2.75) is 24.4 Å². The van der Waals surface area contributed by atoms with E-state index in [1.807, 2.05) is 0 Å². The van der Waals surface area contributed by atoms with Crippen LogP contribution in [-0.2, 0) is 21.2 Å². The minimum absolute atomic E-state index is 0.0581. The Hall–Kier alpha value is -2.19. The molecule has 112 valence electrons. The molecule has 0 aliphatic heterocycles. The molecule has 2 rings (SSSR count). The average Bonchev–Trinajstić information content (AvgIpc) is 2.86. The monoisotopic (exact) mass is 309 g/mol. The van der Waals surface area contributed by atoms with Crippen LogP contribution in [0.15, 0.2) is 41.6 Å². The van der Waals surface area contributed by atoms with Crippen LogP contribution in [0.5, 0.6) is 0 Å². The number of benzene rings is 1. The third-order valence-corrected chi connectivity index (χ3v) is 4.23. The van der Waals surface area contributed by atoms with E-state index in [2.05, 4.69) is 14.7 Å². The maximum atomic E-state index is 12.1. The van der Waals surface area contributed by atoms with Crippen molar-refractivity contribution in [2.75, 3.05) is 0 Å². The molecule has 2 aromatic rings. The Morgan fingerprint density at radius 2 is 2.05 bits per heavy atom. The number of carboxylic acid groups (broad SMARTS) is 1. The molecule has 8 heteroatoms. The van der Waals surface area contributed by atoms with Gasteiger partial charge in [0.05, 0.1) is 6.20 Å². The number of H-pyrrole nitrogens is 1. The van der Waals surface area contributed by atoms with E-state index in [9.17, 15) is 18.3 Å². The number of hydrogen-bond acceptors (Lipinski definition) is 4. The zero-order chi connectivity index (χ0) is 15.5. The van der Waals surface area contributed by atoms with Crippen molar-refractivity contribution in [1.29, 1.82) is 0 Å². The number of aromatic amines is 1. The molecule has 1 heterocycles. The summed E-state index contributed by atoms with van der Waals surface area (Å²) in [7, 11) is -3.95. The molecular formula is C13H15N3O4S. The van der Waals surface area contributed by atoms with Crippen molar-refractivity contribution in [2.24, 2.45) is 0 Å². The van der Waals surface area contributed by atoms with Gasteiger partial charge in [0.25, 0.3) is 10.0 Å². The lowest BCUT2D eigenvalue weighted by molar-refractivity contribution is -0.138. The fraction of sp³-hybridized carbons (Fsp3) is 0.231. The molecule has 0 bridgehead atoms. The van der Waals surface area contributed by atoms with Gasteiger partial charge in [-0.1, -0.05) is 30.3 Å². The number of carboxylic acids is 1. The lowest BCUT2D eigenvalue weighted by Crippen LogP contribution is -2.42. The first-order valence-corrected chi connectivity index (χ1v) is 7.67. The predicted molar refractivity (Wildman–Crippen MR) is 75.2 cm³/mol. The Morgan fingerprint density at radius 3 is 2.57 bits per heavy atom. The van der Waals surface area contributed by atoms with Gasteiger partial charge in [0, 0.05) is 0 Å². The number of carbonyl (C=O) groups is 1. The van der Waals surface area contributed by atoms with Gasteiger partial charge >= 0.3 is 5.97 Å². The number of aryl methyl sites for hydroxylation is 1. The molecule has 0 saturated heterocycles. The standard InChI is InChI=1S/C13H15N3O4S/c1-9-14-8-12(15-9)21(19,20)16-11(13(17)18)7-10-5-3-2-4-6-10/h2-6,8,11,16H,7H2,1H3,(H,14,15)(H,17,18). The van der Waals surface area contributed by atoms with Crippen LogP contribution in [0.4, 0.5) is 0 Å². The molecule has 1 atom stereocenters. The van der Waals surface area contributed by atoms with Gasteiger partial charge < -0.3 is 10.1 Å². The Morgan fingerprint density at radius 1 is 1.38 bits per heavy atom. The Bertz CT molecular complexity index is 725. The van der Waals surface area contributed by atoms with Crippen LogP contribution in [-0.4, -0.2) is 35.5 Å². The molecule has 0 spiro atoms. The number of aliphatic carboxylic acids is 1. The van der Waals surface area contributed by atoms with E-state index in [1.54, 1.807) is 37.3 Å². The van der Waals surface area contributed by atoms with Crippen LogP contribution in [0.2, 0.25) is 0 Å². The first kappa shape index (κ1) is 15.2. The summed E-state index contributed by atoms with van der Waals surface area (Å²) in [6, 6.07) is 7.56. The van der Waals surface area contributed by atoms with Crippen molar-refractivity contribution in [3.8, 4) is 0 Å². The van der Waals surface area contributed by atoms with Crippen molar-refractivity contribution in [1.82, 2.24) is 14.7 Å². The van der Waals surface area contributed by atoms with Crippen molar-refractivity contribution in [3.05, 3.63) is 47.9 Å². The van der Waals surface area contributed by atoms with Gasteiger partial charge in [0.1, 0.15) is 11.9 Å². The molecule has 1 aromatic carbocycles. The highest BCUT2D eigenvalue weighted by atomic mass is 32.2. The van der Waals surface area contributed by atoms with Crippen LogP contribution in [0, 0.1) is 6.92 Å². The third kappa shape index (κ3) is 3.89. The molecule has 0 fully saturated rings. The average molecular weight is 309 g/mol. The number of imidazole rings is 1. The van der Waals surface area contributed by atoms with Gasteiger partial charge in [-0.25, -0.2) is 13.4 Å². The minimum atomic E-state index is -3.95. The van der Waals surface area contributed by atoms with E-state index in [4.69, 9.17) is 0 Å². The third-order valence-electron chi connectivity index (χ3n) is 2.85. The first-order chi connectivity index (χ1) is 9.88. The van der Waals surface area contributed by atoms with Crippen LogP contribution < -0.4 is 4.72 Å². The zero-order valence-corrected chi connectivity index (χ0v) is 12.1. The molecule has 0 aliphatic rings. The molecule has 0 radical (unpaired) electrons. The zero-order valence-electron chi connectivity index (χ0n) is 11.3. The van der Waals surface area contributed by atoms with E-state index in [0.29, 0.717) is 5.82 Å². The van der Waals surface area contributed by atoms with Gasteiger partial charge in [0.2, 0.25) is 0 Å². The van der Waals surface area contributed by atoms with E-state index in [-0.39, 0.29) is 11.4 Å². The normalized spacial score (nSPS) is 13.0. The number of nitrogens with one attached hydrogen (secondary N) is 2. The second-order valence-corrected chi connectivity index (χ2v) is 6.22. The molecule has 1 unspecified atom stereocenters. The number of sulfonamides is 1. The fourth-order valence-corrected chi connectivity index (χ4v) is 2.97. The van der Waals surface area contributed by atoms with Crippen LogP contribution in [0.1, 0.15) is 11.4 Å². The second kappa shape index (κ2) is 6.06. The SMILES string of the molecule is Cc1ncc(S(=O)(=O)NC(Cc2ccccc2)C(=O)O)[nH]1. The largest absolute Gasteiger partial charge is 0.480 e. The van der Waals surface area contributed by atoms with Gasteiger partial charge in [-0.2, -0.15) is 4.72 Å². The Labute approximate surface area is 122 Å². The Balaban J connectivity index is 2.18. The summed E-state index contributed by atoms with van der Waals surface area (Å²) >= 11 is 0. The summed E-state index contributed by atoms with van der Waals surface area (Å²) in [5.41, 5.74) is 0.730. The highest BCUT2D eigenvalue weighted by Crippen LogP contribution is 2.09. The number of aromatic nitrogens is 2. The molecule has 0 amide bonds. The van der Waals surface area contributed by atoms with Crippen molar-refractivity contribution >= 4 is 16.0 Å². The Kier molecular flexibility index (Phi) is 4.39.